The fourth-order valence-corrected chi connectivity index (χ4v) is 4.06. The fraction of sp³-hybridized carbons (Fsp3) is 0.500. The van der Waals surface area contributed by atoms with E-state index in [4.69, 9.17) is 14.5 Å². The molecule has 2 N–H and O–H groups in total. The van der Waals surface area contributed by atoms with Gasteiger partial charge in [0.15, 0.2) is 5.96 Å². The molecule has 0 radical (unpaired) electrons. The molecule has 2 atom stereocenters. The maximum absolute atomic E-state index is 5.72. The molecule has 0 aromatic heterocycles. The van der Waals surface area contributed by atoms with Gasteiger partial charge in [-0.25, -0.2) is 4.99 Å². The number of guanidine groups is 1. The van der Waals surface area contributed by atoms with E-state index >= 15 is 0 Å². The molecule has 3 rings (SSSR count). The molecule has 6 nitrogen and oxygen atoms in total. The molecule has 174 valence electrons. The van der Waals surface area contributed by atoms with Crippen LogP contribution >= 0.6 is 0 Å². The first kappa shape index (κ1) is 24.1. The van der Waals surface area contributed by atoms with E-state index in [1.807, 2.05) is 18.2 Å². The SMILES string of the molecule is CCNC(=NCc1cccc(OCCOC)c1)NC1CCN(Cc2ccccc2)C(C)C1. The van der Waals surface area contributed by atoms with E-state index in [0.29, 0.717) is 31.8 Å². The molecule has 2 aromatic rings. The van der Waals surface area contributed by atoms with Crippen LogP contribution in [-0.2, 0) is 17.8 Å². The Morgan fingerprint density at radius 1 is 1.09 bits per heavy atom. The number of aliphatic imine (C=N–C) groups is 1. The topological polar surface area (TPSA) is 58.1 Å². The van der Waals surface area contributed by atoms with Gasteiger partial charge < -0.3 is 20.1 Å². The van der Waals surface area contributed by atoms with Crippen LogP contribution < -0.4 is 15.4 Å². The predicted molar refractivity (Wildman–Crippen MR) is 131 cm³/mol. The number of hydrogen-bond acceptors (Lipinski definition) is 4. The van der Waals surface area contributed by atoms with Crippen LogP contribution in [0.1, 0.15) is 37.8 Å². The Hall–Kier alpha value is -2.57. The van der Waals surface area contributed by atoms with Crippen molar-refractivity contribution < 1.29 is 9.47 Å². The van der Waals surface area contributed by atoms with E-state index in [0.717, 1.165) is 49.7 Å². The largest absolute Gasteiger partial charge is 0.491 e. The van der Waals surface area contributed by atoms with E-state index in [2.05, 4.69) is 65.8 Å². The Labute approximate surface area is 193 Å². The summed E-state index contributed by atoms with van der Waals surface area (Å²) in [7, 11) is 1.68. The summed E-state index contributed by atoms with van der Waals surface area (Å²) in [6.07, 6.45) is 2.23. The molecule has 2 unspecified atom stereocenters. The Bertz CT molecular complexity index is 828. The highest BCUT2D eigenvalue weighted by Crippen LogP contribution is 2.20. The molecule has 32 heavy (non-hydrogen) atoms. The van der Waals surface area contributed by atoms with E-state index in [1.165, 1.54) is 5.56 Å². The molecule has 0 bridgehead atoms. The highest BCUT2D eigenvalue weighted by Gasteiger charge is 2.25. The first-order valence-corrected chi connectivity index (χ1v) is 11.7. The maximum atomic E-state index is 5.72. The summed E-state index contributed by atoms with van der Waals surface area (Å²) in [4.78, 5) is 7.40. The summed E-state index contributed by atoms with van der Waals surface area (Å²) in [6.45, 7) is 9.13. The monoisotopic (exact) mass is 438 g/mol. The molecule has 0 aliphatic carbocycles. The zero-order chi connectivity index (χ0) is 22.6. The van der Waals surface area contributed by atoms with Gasteiger partial charge in [0.25, 0.3) is 0 Å². The highest BCUT2D eigenvalue weighted by molar-refractivity contribution is 5.80. The second kappa shape index (κ2) is 13.1. The average Bonchev–Trinajstić information content (AvgIpc) is 2.81. The Morgan fingerprint density at radius 3 is 2.66 bits per heavy atom. The van der Waals surface area contributed by atoms with Gasteiger partial charge in [-0.05, 0) is 49.9 Å². The number of nitrogens with zero attached hydrogens (tertiary/aromatic N) is 2. The van der Waals surface area contributed by atoms with Gasteiger partial charge in [0.05, 0.1) is 13.2 Å². The summed E-state index contributed by atoms with van der Waals surface area (Å²) in [5.74, 6) is 1.74. The Kier molecular flexibility index (Phi) is 9.85. The molecule has 2 aromatic carbocycles. The molecule has 1 aliphatic rings. The number of methoxy groups -OCH3 is 1. The Morgan fingerprint density at radius 2 is 1.91 bits per heavy atom. The van der Waals surface area contributed by atoms with Gasteiger partial charge in [-0.3, -0.25) is 4.90 Å². The molecule has 0 amide bonds. The normalized spacial score (nSPS) is 19.5. The van der Waals surface area contributed by atoms with Gasteiger partial charge in [-0.15, -0.1) is 0 Å². The molecule has 6 heteroatoms. The molecule has 1 aliphatic heterocycles. The van der Waals surface area contributed by atoms with Gasteiger partial charge in [-0.2, -0.15) is 0 Å². The second-order valence-electron chi connectivity index (χ2n) is 8.35. The number of ether oxygens (including phenoxy) is 2. The van der Waals surface area contributed by atoms with Crippen molar-refractivity contribution in [2.24, 2.45) is 4.99 Å². The van der Waals surface area contributed by atoms with E-state index in [-0.39, 0.29) is 0 Å². The minimum absolute atomic E-state index is 0.429. The molecule has 1 saturated heterocycles. The summed E-state index contributed by atoms with van der Waals surface area (Å²) in [5, 5.41) is 7.06. The highest BCUT2D eigenvalue weighted by atomic mass is 16.5. The lowest BCUT2D eigenvalue weighted by Crippen LogP contribution is -2.51. The number of hydrogen-bond donors (Lipinski definition) is 2. The smallest absolute Gasteiger partial charge is 0.191 e. The number of rotatable bonds is 10. The summed E-state index contributed by atoms with van der Waals surface area (Å²) in [6, 6.07) is 19.8. The molecule has 1 fully saturated rings. The van der Waals surface area contributed by atoms with E-state index in [1.54, 1.807) is 7.11 Å². The molecular weight excluding hydrogens is 400 g/mol. The van der Waals surface area contributed by atoms with E-state index in [9.17, 15) is 0 Å². The maximum Gasteiger partial charge on any atom is 0.191 e. The van der Waals surface area contributed by atoms with Gasteiger partial charge >= 0.3 is 0 Å². The lowest BCUT2D eigenvalue weighted by atomic mass is 9.97. The molecular formula is C26H38N4O2. The van der Waals surface area contributed by atoms with Gasteiger partial charge in [0.1, 0.15) is 12.4 Å². The number of piperidine rings is 1. The van der Waals surface area contributed by atoms with Crippen LogP contribution in [0.3, 0.4) is 0 Å². The van der Waals surface area contributed by atoms with Crippen molar-refractivity contribution in [2.45, 2.75) is 51.9 Å². The van der Waals surface area contributed by atoms with Crippen molar-refractivity contribution in [1.29, 1.82) is 0 Å². The average molecular weight is 439 g/mol. The third kappa shape index (κ3) is 7.84. The molecule has 0 saturated carbocycles. The fourth-order valence-electron chi connectivity index (χ4n) is 4.06. The predicted octanol–water partition coefficient (Wildman–Crippen LogP) is 3.82. The molecule has 0 spiro atoms. The van der Waals surface area contributed by atoms with Gasteiger partial charge in [0.2, 0.25) is 0 Å². The summed E-state index contributed by atoms with van der Waals surface area (Å²) >= 11 is 0. The van der Waals surface area contributed by atoms with Crippen LogP contribution in [-0.4, -0.2) is 56.4 Å². The Balaban J connectivity index is 1.52. The third-order valence-corrected chi connectivity index (χ3v) is 5.80. The van der Waals surface area contributed by atoms with Gasteiger partial charge in [0, 0.05) is 38.8 Å². The van der Waals surface area contributed by atoms with Crippen LogP contribution in [0, 0.1) is 0 Å². The van der Waals surface area contributed by atoms with Gasteiger partial charge in [-0.1, -0.05) is 42.5 Å². The van der Waals surface area contributed by atoms with Crippen molar-refractivity contribution in [2.75, 3.05) is 33.4 Å². The lowest BCUT2D eigenvalue weighted by Gasteiger charge is -2.38. The third-order valence-electron chi connectivity index (χ3n) is 5.80. The first-order valence-electron chi connectivity index (χ1n) is 11.7. The number of likely N-dealkylation sites (tertiary alicyclic amines) is 1. The zero-order valence-electron chi connectivity index (χ0n) is 19.7. The summed E-state index contributed by atoms with van der Waals surface area (Å²) in [5.41, 5.74) is 2.51. The quantitative estimate of drug-likeness (QED) is 0.336. The molecule has 1 heterocycles. The minimum Gasteiger partial charge on any atom is -0.491 e. The lowest BCUT2D eigenvalue weighted by molar-refractivity contribution is 0.134. The van der Waals surface area contributed by atoms with Crippen molar-refractivity contribution in [3.8, 4) is 5.75 Å². The van der Waals surface area contributed by atoms with Crippen molar-refractivity contribution in [3.63, 3.8) is 0 Å². The minimum atomic E-state index is 0.429. The van der Waals surface area contributed by atoms with Crippen LogP contribution in [0.5, 0.6) is 5.75 Å². The van der Waals surface area contributed by atoms with Crippen molar-refractivity contribution >= 4 is 5.96 Å². The first-order chi connectivity index (χ1) is 15.7. The number of nitrogens with one attached hydrogen (secondary N) is 2. The van der Waals surface area contributed by atoms with E-state index < -0.39 is 0 Å². The zero-order valence-corrected chi connectivity index (χ0v) is 19.7. The van der Waals surface area contributed by atoms with Crippen LogP contribution in [0.4, 0.5) is 0 Å². The standard InChI is InChI=1S/C26H38N4O2/c1-4-27-26(28-19-23-11-8-12-25(18-23)32-16-15-31-3)29-24-13-14-30(21(2)17-24)20-22-9-6-5-7-10-22/h5-12,18,21,24H,4,13-17,19-20H2,1-3H3,(H2,27,28,29). The van der Waals surface area contributed by atoms with Crippen LogP contribution in [0.15, 0.2) is 59.6 Å². The summed E-state index contributed by atoms with van der Waals surface area (Å²) < 4.78 is 10.8. The van der Waals surface area contributed by atoms with Crippen molar-refractivity contribution in [3.05, 3.63) is 65.7 Å². The number of benzene rings is 2. The van der Waals surface area contributed by atoms with Crippen molar-refractivity contribution in [1.82, 2.24) is 15.5 Å². The second-order valence-corrected chi connectivity index (χ2v) is 8.35. The van der Waals surface area contributed by atoms with Crippen LogP contribution in [0.2, 0.25) is 0 Å². The van der Waals surface area contributed by atoms with Crippen LogP contribution in [0.25, 0.3) is 0 Å².